The van der Waals surface area contributed by atoms with Gasteiger partial charge in [0.25, 0.3) is 0 Å². The van der Waals surface area contributed by atoms with E-state index < -0.39 is 0 Å². The molecule has 0 spiro atoms. The SMILES string of the molecule is CCNC(=O)[C@@H]1C[C@@H](N)CN1Cc1cccn1-c1ncccn1. The number of amides is 1. The second-order valence-electron chi connectivity index (χ2n) is 5.75. The minimum atomic E-state index is -0.176. The van der Waals surface area contributed by atoms with E-state index in [-0.39, 0.29) is 18.0 Å². The van der Waals surface area contributed by atoms with Gasteiger partial charge in [-0.25, -0.2) is 9.97 Å². The maximum atomic E-state index is 12.2. The smallest absolute Gasteiger partial charge is 0.237 e. The molecule has 122 valence electrons. The third-order valence-corrected chi connectivity index (χ3v) is 4.06. The first-order chi connectivity index (χ1) is 11.2. The van der Waals surface area contributed by atoms with Crippen molar-refractivity contribution in [2.24, 2.45) is 5.73 Å². The molecule has 3 N–H and O–H groups in total. The molecule has 2 aromatic rings. The lowest BCUT2D eigenvalue weighted by Crippen LogP contribution is -2.43. The Hall–Kier alpha value is -2.25. The van der Waals surface area contributed by atoms with Crippen LogP contribution in [0.1, 0.15) is 19.0 Å². The van der Waals surface area contributed by atoms with E-state index in [0.717, 1.165) is 5.69 Å². The number of likely N-dealkylation sites (tertiary alicyclic amines) is 1. The number of likely N-dealkylation sites (N-methyl/N-ethyl adjacent to an activating group) is 1. The molecule has 0 radical (unpaired) electrons. The predicted octanol–water partition coefficient (Wildman–Crippen LogP) is 0.305. The highest BCUT2D eigenvalue weighted by molar-refractivity contribution is 5.82. The van der Waals surface area contributed by atoms with Crippen LogP contribution in [0.4, 0.5) is 0 Å². The summed E-state index contributed by atoms with van der Waals surface area (Å²) in [6.07, 6.45) is 6.06. The van der Waals surface area contributed by atoms with Crippen LogP contribution in [0.3, 0.4) is 0 Å². The fraction of sp³-hybridized carbons (Fsp3) is 0.438. The van der Waals surface area contributed by atoms with Crippen LogP contribution in [0, 0.1) is 0 Å². The van der Waals surface area contributed by atoms with Crippen molar-refractivity contribution in [3.8, 4) is 5.95 Å². The normalized spacial score (nSPS) is 21.5. The van der Waals surface area contributed by atoms with E-state index in [2.05, 4.69) is 20.2 Å². The third-order valence-electron chi connectivity index (χ3n) is 4.06. The van der Waals surface area contributed by atoms with Crippen molar-refractivity contribution in [1.29, 1.82) is 0 Å². The average Bonchev–Trinajstić information content (AvgIpc) is 3.15. The van der Waals surface area contributed by atoms with E-state index in [4.69, 9.17) is 5.73 Å². The first-order valence-electron chi connectivity index (χ1n) is 7.90. The van der Waals surface area contributed by atoms with Gasteiger partial charge in [0.15, 0.2) is 0 Å². The molecule has 0 aromatic carbocycles. The van der Waals surface area contributed by atoms with Crippen molar-refractivity contribution in [3.05, 3.63) is 42.5 Å². The van der Waals surface area contributed by atoms with Crippen LogP contribution in [0.25, 0.3) is 5.95 Å². The number of nitrogens with two attached hydrogens (primary N) is 1. The summed E-state index contributed by atoms with van der Waals surface area (Å²) in [5.41, 5.74) is 7.12. The third kappa shape index (κ3) is 3.40. The molecule has 0 bridgehead atoms. The summed E-state index contributed by atoms with van der Waals surface area (Å²) in [6, 6.07) is 5.62. The van der Waals surface area contributed by atoms with Gasteiger partial charge >= 0.3 is 0 Å². The van der Waals surface area contributed by atoms with Crippen molar-refractivity contribution in [3.63, 3.8) is 0 Å². The molecular formula is C16H22N6O. The lowest BCUT2D eigenvalue weighted by Gasteiger charge is -2.23. The van der Waals surface area contributed by atoms with Crippen LogP contribution in [0.5, 0.6) is 0 Å². The minimum Gasteiger partial charge on any atom is -0.355 e. The molecule has 3 heterocycles. The lowest BCUT2D eigenvalue weighted by molar-refractivity contribution is -0.125. The molecule has 2 aromatic heterocycles. The van der Waals surface area contributed by atoms with Crippen LogP contribution < -0.4 is 11.1 Å². The maximum absolute atomic E-state index is 12.2. The number of nitrogens with one attached hydrogen (secondary N) is 1. The molecule has 0 aliphatic carbocycles. The fourth-order valence-electron chi connectivity index (χ4n) is 3.04. The Kier molecular flexibility index (Phi) is 4.68. The second-order valence-corrected chi connectivity index (χ2v) is 5.75. The molecule has 0 unspecified atom stereocenters. The van der Waals surface area contributed by atoms with Crippen LogP contribution in [0.15, 0.2) is 36.8 Å². The van der Waals surface area contributed by atoms with Crippen molar-refractivity contribution in [2.45, 2.75) is 32.0 Å². The Balaban J connectivity index is 1.79. The number of aromatic nitrogens is 3. The Morgan fingerprint density at radius 1 is 1.39 bits per heavy atom. The number of hydrogen-bond acceptors (Lipinski definition) is 5. The highest BCUT2D eigenvalue weighted by Gasteiger charge is 2.35. The molecule has 2 atom stereocenters. The Bertz CT molecular complexity index is 656. The largest absolute Gasteiger partial charge is 0.355 e. The van der Waals surface area contributed by atoms with Gasteiger partial charge in [-0.05, 0) is 31.5 Å². The molecular weight excluding hydrogens is 292 g/mol. The van der Waals surface area contributed by atoms with Crippen LogP contribution in [-0.2, 0) is 11.3 Å². The second kappa shape index (κ2) is 6.89. The summed E-state index contributed by atoms with van der Waals surface area (Å²) in [7, 11) is 0. The van der Waals surface area contributed by atoms with E-state index in [1.54, 1.807) is 18.5 Å². The van der Waals surface area contributed by atoms with Crippen molar-refractivity contribution < 1.29 is 4.79 Å². The van der Waals surface area contributed by atoms with E-state index in [9.17, 15) is 4.79 Å². The first kappa shape index (κ1) is 15.6. The molecule has 7 nitrogen and oxygen atoms in total. The molecule has 1 aliphatic heterocycles. The number of rotatable bonds is 5. The zero-order chi connectivity index (χ0) is 16.2. The van der Waals surface area contributed by atoms with Gasteiger partial charge in [-0.1, -0.05) is 0 Å². The molecule has 0 saturated carbocycles. The first-order valence-corrected chi connectivity index (χ1v) is 7.90. The standard InChI is InChI=1S/C16H22N6O/c1-2-18-15(23)14-9-12(17)10-21(14)11-13-5-3-8-22(13)16-19-6-4-7-20-16/h3-8,12,14H,2,9-11,17H2,1H3,(H,18,23)/t12-,14+/m1/s1. The summed E-state index contributed by atoms with van der Waals surface area (Å²) < 4.78 is 1.94. The molecule has 7 heteroatoms. The van der Waals surface area contributed by atoms with Gasteiger partial charge in [-0.3, -0.25) is 14.3 Å². The topological polar surface area (TPSA) is 89.1 Å². The number of carbonyl (C=O) groups excluding carboxylic acids is 1. The quantitative estimate of drug-likeness (QED) is 0.829. The number of hydrogen-bond donors (Lipinski definition) is 2. The average molecular weight is 314 g/mol. The summed E-state index contributed by atoms with van der Waals surface area (Å²) >= 11 is 0. The number of nitrogens with zero attached hydrogens (tertiary/aromatic N) is 4. The monoisotopic (exact) mass is 314 g/mol. The Morgan fingerprint density at radius 2 is 2.17 bits per heavy atom. The zero-order valence-corrected chi connectivity index (χ0v) is 13.2. The van der Waals surface area contributed by atoms with E-state index in [1.807, 2.05) is 29.8 Å². The van der Waals surface area contributed by atoms with Gasteiger partial charge in [-0.15, -0.1) is 0 Å². The van der Waals surface area contributed by atoms with Crippen LogP contribution in [0.2, 0.25) is 0 Å². The minimum absolute atomic E-state index is 0.0268. The van der Waals surface area contributed by atoms with Crippen molar-refractivity contribution in [1.82, 2.24) is 24.8 Å². The Morgan fingerprint density at radius 3 is 2.91 bits per heavy atom. The fourth-order valence-corrected chi connectivity index (χ4v) is 3.04. The van der Waals surface area contributed by atoms with Gasteiger partial charge in [0, 0.05) is 50.0 Å². The molecule has 3 rings (SSSR count). The predicted molar refractivity (Wildman–Crippen MR) is 86.8 cm³/mol. The van der Waals surface area contributed by atoms with E-state index >= 15 is 0 Å². The number of carbonyl (C=O) groups is 1. The summed E-state index contributed by atoms with van der Waals surface area (Å²) in [6.45, 7) is 3.91. The Labute approximate surface area is 135 Å². The molecule has 1 amide bonds. The molecule has 1 fully saturated rings. The van der Waals surface area contributed by atoms with E-state index in [0.29, 0.717) is 32.0 Å². The molecule has 23 heavy (non-hydrogen) atoms. The van der Waals surface area contributed by atoms with Gasteiger partial charge in [-0.2, -0.15) is 0 Å². The maximum Gasteiger partial charge on any atom is 0.237 e. The lowest BCUT2D eigenvalue weighted by atomic mass is 10.1. The summed E-state index contributed by atoms with van der Waals surface area (Å²) in [5.74, 6) is 0.681. The van der Waals surface area contributed by atoms with Crippen LogP contribution >= 0.6 is 0 Å². The van der Waals surface area contributed by atoms with Crippen molar-refractivity contribution in [2.75, 3.05) is 13.1 Å². The van der Waals surface area contributed by atoms with Gasteiger partial charge in [0.05, 0.1) is 6.04 Å². The van der Waals surface area contributed by atoms with Crippen molar-refractivity contribution >= 4 is 5.91 Å². The van der Waals surface area contributed by atoms with E-state index in [1.165, 1.54) is 0 Å². The molecule has 1 aliphatic rings. The van der Waals surface area contributed by atoms with Crippen LogP contribution in [-0.4, -0.2) is 50.5 Å². The van der Waals surface area contributed by atoms with Gasteiger partial charge < -0.3 is 11.1 Å². The van der Waals surface area contributed by atoms with Gasteiger partial charge in [0.1, 0.15) is 0 Å². The summed E-state index contributed by atoms with van der Waals surface area (Å²) in [4.78, 5) is 22.9. The highest BCUT2D eigenvalue weighted by Crippen LogP contribution is 2.21. The van der Waals surface area contributed by atoms with Gasteiger partial charge in [0.2, 0.25) is 11.9 Å². The summed E-state index contributed by atoms with van der Waals surface area (Å²) in [5, 5.41) is 2.90. The highest BCUT2D eigenvalue weighted by atomic mass is 16.2. The molecule has 1 saturated heterocycles. The zero-order valence-electron chi connectivity index (χ0n) is 13.2.